The molecule has 0 bridgehead atoms. The number of likely N-dealkylation sites (tertiary alicyclic amines) is 1. The van der Waals surface area contributed by atoms with Crippen molar-refractivity contribution in [3.05, 3.63) is 39.4 Å². The minimum absolute atomic E-state index is 0.126. The zero-order valence-electron chi connectivity index (χ0n) is 19.2. The molecule has 0 saturated carbocycles. The van der Waals surface area contributed by atoms with Gasteiger partial charge in [-0.3, -0.25) is 4.79 Å². The van der Waals surface area contributed by atoms with Crippen LogP contribution >= 0.6 is 34.4 Å². The molecule has 1 fully saturated rings. The summed E-state index contributed by atoms with van der Waals surface area (Å²) in [5.74, 6) is 0.710. The van der Waals surface area contributed by atoms with Crippen molar-refractivity contribution >= 4 is 56.5 Å². The minimum Gasteiger partial charge on any atom is -0.461 e. The molecule has 5 heterocycles. The lowest BCUT2D eigenvalue weighted by Gasteiger charge is -2.31. The first-order valence-corrected chi connectivity index (χ1v) is 14.0. The van der Waals surface area contributed by atoms with Crippen LogP contribution in [-0.4, -0.2) is 62.3 Å². The number of nitrogens with zero attached hydrogens (tertiary/aromatic N) is 5. The Hall–Kier alpha value is -2.83. The van der Waals surface area contributed by atoms with Crippen molar-refractivity contribution in [2.75, 3.05) is 25.4 Å². The molecule has 12 heteroatoms. The molecule has 1 aliphatic heterocycles. The Kier molecular flexibility index (Phi) is 7.12. The normalized spacial score (nSPS) is 14.5. The van der Waals surface area contributed by atoms with Crippen LogP contribution in [0.3, 0.4) is 0 Å². The Labute approximate surface area is 213 Å². The number of thiophene rings is 1. The number of carbonyl (C=O) groups is 2. The summed E-state index contributed by atoms with van der Waals surface area (Å²) in [4.78, 5) is 40.0. The van der Waals surface area contributed by atoms with Crippen molar-refractivity contribution in [1.29, 1.82) is 0 Å². The summed E-state index contributed by atoms with van der Waals surface area (Å²) in [7, 11) is 0. The molecule has 0 N–H and O–H groups in total. The van der Waals surface area contributed by atoms with Gasteiger partial charge in [0.2, 0.25) is 5.91 Å². The van der Waals surface area contributed by atoms with Gasteiger partial charge in [0.15, 0.2) is 11.5 Å². The van der Waals surface area contributed by atoms with Crippen molar-refractivity contribution in [3.63, 3.8) is 0 Å². The smallest absolute Gasteiger partial charge is 0.360 e. The number of hydrogen-bond acceptors (Lipinski definition) is 11. The maximum atomic E-state index is 12.8. The molecule has 9 nitrogen and oxygen atoms in total. The van der Waals surface area contributed by atoms with Crippen LogP contribution in [-0.2, 0) is 9.53 Å². The number of aromatic nitrogens is 4. The van der Waals surface area contributed by atoms with E-state index < -0.39 is 5.97 Å². The van der Waals surface area contributed by atoms with E-state index in [2.05, 4.69) is 20.5 Å². The Morgan fingerprint density at radius 1 is 1.23 bits per heavy atom. The number of thiazole rings is 1. The largest absolute Gasteiger partial charge is 0.461 e. The molecule has 4 aromatic heterocycles. The molecular weight excluding hydrogens is 506 g/mol. The third-order valence-electron chi connectivity index (χ3n) is 5.80. The minimum atomic E-state index is -0.511. The fourth-order valence-electron chi connectivity index (χ4n) is 3.93. The lowest BCUT2D eigenvalue weighted by molar-refractivity contribution is -0.129. The Bertz CT molecular complexity index is 1360. The van der Waals surface area contributed by atoms with Crippen LogP contribution in [0.2, 0.25) is 0 Å². The number of hydrogen-bond donors (Lipinski definition) is 0. The third kappa shape index (κ3) is 5.09. The first-order valence-electron chi connectivity index (χ1n) is 11.2. The molecule has 0 unspecified atom stereocenters. The van der Waals surface area contributed by atoms with Crippen molar-refractivity contribution in [3.8, 4) is 11.5 Å². The van der Waals surface area contributed by atoms with Gasteiger partial charge < -0.3 is 14.2 Å². The lowest BCUT2D eigenvalue weighted by atomic mass is 9.97. The number of amides is 1. The van der Waals surface area contributed by atoms with Crippen LogP contribution in [0.5, 0.6) is 0 Å². The van der Waals surface area contributed by atoms with Crippen molar-refractivity contribution in [2.24, 2.45) is 0 Å². The standard InChI is InChI=1S/C23H23N5O4S3/c1-3-31-23(30)15-8-17(32-27-15)16-10-34-21(26-16)14-4-6-28(7-5-14)18(29)11-35-22-20-19(24-12-25-22)13(2)9-33-20/h8-10,12,14H,3-7,11H2,1-2H3. The quantitative estimate of drug-likeness (QED) is 0.190. The summed E-state index contributed by atoms with van der Waals surface area (Å²) >= 11 is 4.66. The van der Waals surface area contributed by atoms with Crippen LogP contribution < -0.4 is 0 Å². The van der Waals surface area contributed by atoms with Gasteiger partial charge in [0.05, 0.1) is 27.6 Å². The van der Waals surface area contributed by atoms with E-state index >= 15 is 0 Å². The van der Waals surface area contributed by atoms with E-state index in [1.54, 1.807) is 42.0 Å². The fraction of sp³-hybridized carbons (Fsp3) is 0.391. The van der Waals surface area contributed by atoms with Crippen LogP contribution in [0.4, 0.5) is 0 Å². The summed E-state index contributed by atoms with van der Waals surface area (Å²) in [5, 5.41) is 9.64. The second-order valence-electron chi connectivity index (χ2n) is 8.09. The molecule has 1 aliphatic rings. The second kappa shape index (κ2) is 10.4. The summed E-state index contributed by atoms with van der Waals surface area (Å²) in [6.45, 7) is 5.45. The van der Waals surface area contributed by atoms with Crippen molar-refractivity contribution in [2.45, 2.75) is 37.6 Å². The van der Waals surface area contributed by atoms with Gasteiger partial charge in [0.25, 0.3) is 0 Å². The molecule has 0 radical (unpaired) electrons. The van der Waals surface area contributed by atoms with Crippen LogP contribution in [0.1, 0.15) is 46.7 Å². The Morgan fingerprint density at radius 2 is 2.06 bits per heavy atom. The van der Waals surface area contributed by atoms with E-state index in [1.807, 2.05) is 17.2 Å². The highest BCUT2D eigenvalue weighted by Gasteiger charge is 2.27. The number of aryl methyl sites for hydroxylation is 1. The number of ether oxygens (including phenoxy) is 1. The van der Waals surface area contributed by atoms with Gasteiger partial charge in [-0.2, -0.15) is 0 Å². The highest BCUT2D eigenvalue weighted by Crippen LogP contribution is 2.34. The molecule has 0 atom stereocenters. The number of thioether (sulfide) groups is 1. The maximum absolute atomic E-state index is 12.8. The van der Waals surface area contributed by atoms with Gasteiger partial charge >= 0.3 is 5.97 Å². The van der Waals surface area contributed by atoms with Gasteiger partial charge in [0.1, 0.15) is 17.0 Å². The monoisotopic (exact) mass is 529 g/mol. The van der Waals surface area contributed by atoms with E-state index in [0.29, 0.717) is 30.3 Å². The lowest BCUT2D eigenvalue weighted by Crippen LogP contribution is -2.38. The first-order chi connectivity index (χ1) is 17.0. The summed E-state index contributed by atoms with van der Waals surface area (Å²) in [6.07, 6.45) is 3.28. The Balaban J connectivity index is 1.15. The van der Waals surface area contributed by atoms with Crippen molar-refractivity contribution in [1.82, 2.24) is 25.0 Å². The molecular formula is C23H23N5O4S3. The SMILES string of the molecule is CCOC(=O)c1cc(-c2csc(C3CCN(C(=O)CSc4ncnc5c(C)csc45)CC3)n2)on1. The topological polar surface area (TPSA) is 111 Å². The molecule has 182 valence electrons. The average Bonchev–Trinajstić information content (AvgIpc) is 3.63. The van der Waals surface area contributed by atoms with Gasteiger partial charge in [-0.05, 0) is 37.6 Å². The zero-order chi connectivity index (χ0) is 24.4. The summed E-state index contributed by atoms with van der Waals surface area (Å²) in [5.41, 5.74) is 2.89. The Morgan fingerprint density at radius 3 is 2.86 bits per heavy atom. The van der Waals surface area contributed by atoms with E-state index in [4.69, 9.17) is 14.2 Å². The predicted molar refractivity (Wildman–Crippen MR) is 135 cm³/mol. The molecule has 5 rings (SSSR count). The average molecular weight is 530 g/mol. The molecule has 4 aromatic rings. The molecule has 0 aliphatic carbocycles. The number of rotatable bonds is 7. The highest BCUT2D eigenvalue weighted by molar-refractivity contribution is 8.00. The maximum Gasteiger partial charge on any atom is 0.360 e. The number of esters is 1. The fourth-order valence-corrected chi connectivity index (χ4v) is 6.91. The van der Waals surface area contributed by atoms with Gasteiger partial charge in [0, 0.05) is 30.5 Å². The molecule has 35 heavy (non-hydrogen) atoms. The highest BCUT2D eigenvalue weighted by atomic mass is 32.2. The van der Waals surface area contributed by atoms with E-state index in [0.717, 1.165) is 38.7 Å². The van der Waals surface area contributed by atoms with Crippen LogP contribution in [0.15, 0.2) is 32.7 Å². The zero-order valence-corrected chi connectivity index (χ0v) is 21.7. The summed E-state index contributed by atoms with van der Waals surface area (Å²) < 4.78 is 11.3. The van der Waals surface area contributed by atoms with E-state index in [1.165, 1.54) is 11.8 Å². The number of piperidine rings is 1. The molecule has 0 spiro atoms. The van der Waals surface area contributed by atoms with Gasteiger partial charge in [-0.1, -0.05) is 16.9 Å². The molecule has 1 saturated heterocycles. The van der Waals surface area contributed by atoms with Crippen molar-refractivity contribution < 1.29 is 18.8 Å². The molecule has 1 amide bonds. The van der Waals surface area contributed by atoms with E-state index in [-0.39, 0.29) is 24.1 Å². The van der Waals surface area contributed by atoms with Gasteiger partial charge in [-0.15, -0.1) is 22.7 Å². The summed E-state index contributed by atoms with van der Waals surface area (Å²) in [6, 6.07) is 1.55. The second-order valence-corrected chi connectivity index (χ2v) is 10.8. The van der Waals surface area contributed by atoms with Gasteiger partial charge in [-0.25, -0.2) is 19.7 Å². The number of fused-ring (bicyclic) bond motifs is 1. The first kappa shape index (κ1) is 23.9. The number of carbonyl (C=O) groups excluding carboxylic acids is 2. The van der Waals surface area contributed by atoms with Crippen LogP contribution in [0, 0.1) is 6.92 Å². The third-order valence-corrected chi connectivity index (χ3v) is 9.00. The predicted octanol–water partition coefficient (Wildman–Crippen LogP) is 4.79. The molecule has 0 aromatic carbocycles. The van der Waals surface area contributed by atoms with Crippen LogP contribution in [0.25, 0.3) is 21.7 Å². The van der Waals surface area contributed by atoms with E-state index in [9.17, 15) is 9.59 Å².